The highest BCUT2D eigenvalue weighted by atomic mass is 15.1. The van der Waals surface area contributed by atoms with Gasteiger partial charge < -0.3 is 11.1 Å². The molecule has 4 heteroatoms. The maximum absolute atomic E-state index is 9.34. The van der Waals surface area contributed by atoms with Gasteiger partial charge in [-0.3, -0.25) is 0 Å². The molecule has 0 radical (unpaired) electrons. The van der Waals surface area contributed by atoms with E-state index in [0.29, 0.717) is 23.8 Å². The van der Waals surface area contributed by atoms with E-state index in [1.165, 1.54) is 5.56 Å². The summed E-state index contributed by atoms with van der Waals surface area (Å²) in [5, 5.41) is 12.8. The molecule has 0 fully saturated rings. The Kier molecular flexibility index (Phi) is 4.29. The van der Waals surface area contributed by atoms with Crippen LogP contribution in [0.3, 0.4) is 0 Å². The first-order valence-corrected chi connectivity index (χ1v) is 7.38. The monoisotopic (exact) mass is 272 g/mol. The molecule has 2 rings (SSSR count). The van der Waals surface area contributed by atoms with Crippen LogP contribution in [0, 0.1) is 17.2 Å². The number of nitrogens with one attached hydrogen (secondary N) is 1. The van der Waals surface area contributed by atoms with E-state index in [9.17, 15) is 5.26 Å². The van der Waals surface area contributed by atoms with E-state index >= 15 is 0 Å². The molecule has 1 aromatic rings. The van der Waals surface area contributed by atoms with Crippen molar-refractivity contribution in [2.45, 2.75) is 52.0 Å². The Labute approximate surface area is 121 Å². The van der Waals surface area contributed by atoms with Crippen LogP contribution in [0.5, 0.6) is 0 Å². The van der Waals surface area contributed by atoms with Gasteiger partial charge in [-0.25, -0.2) is 4.98 Å². The molecule has 0 saturated carbocycles. The molecule has 1 heterocycles. The number of hydrogen-bond donors (Lipinski definition) is 2. The zero-order valence-corrected chi connectivity index (χ0v) is 12.7. The molecule has 3 N–H and O–H groups in total. The fourth-order valence-electron chi connectivity index (χ4n) is 3.02. The summed E-state index contributed by atoms with van der Waals surface area (Å²) >= 11 is 0. The van der Waals surface area contributed by atoms with Gasteiger partial charge in [0.15, 0.2) is 0 Å². The van der Waals surface area contributed by atoms with Gasteiger partial charge in [0, 0.05) is 17.8 Å². The summed E-state index contributed by atoms with van der Waals surface area (Å²) < 4.78 is 0. The van der Waals surface area contributed by atoms with Crippen LogP contribution in [-0.4, -0.2) is 17.1 Å². The number of nitrogens with zero attached hydrogens (tertiary/aromatic N) is 2. The molecule has 20 heavy (non-hydrogen) atoms. The molecule has 0 saturated heterocycles. The molecule has 0 aromatic carbocycles. The van der Waals surface area contributed by atoms with Crippen LogP contribution >= 0.6 is 0 Å². The molecule has 0 spiro atoms. The number of rotatable bonds is 5. The average molecular weight is 272 g/mol. The summed E-state index contributed by atoms with van der Waals surface area (Å²) in [5.41, 5.74) is 8.71. The van der Waals surface area contributed by atoms with Crippen LogP contribution in [0.15, 0.2) is 6.07 Å². The highest BCUT2D eigenvalue weighted by molar-refractivity contribution is 5.56. The van der Waals surface area contributed by atoms with Gasteiger partial charge in [0.1, 0.15) is 11.9 Å². The van der Waals surface area contributed by atoms with Crippen LogP contribution in [0.2, 0.25) is 0 Å². The third-order valence-electron chi connectivity index (χ3n) is 3.90. The van der Waals surface area contributed by atoms with Crippen molar-refractivity contribution >= 4 is 5.82 Å². The molecule has 1 unspecified atom stereocenters. The molecule has 1 aliphatic carbocycles. The zero-order valence-electron chi connectivity index (χ0n) is 12.7. The minimum atomic E-state index is -0.223. The molecule has 0 aliphatic heterocycles. The summed E-state index contributed by atoms with van der Waals surface area (Å²) in [7, 11) is 0. The van der Waals surface area contributed by atoms with Crippen molar-refractivity contribution in [2.75, 3.05) is 11.9 Å². The highest BCUT2D eigenvalue weighted by Crippen LogP contribution is 2.28. The fourth-order valence-corrected chi connectivity index (χ4v) is 3.02. The summed E-state index contributed by atoms with van der Waals surface area (Å²) in [6, 6.07) is 4.25. The quantitative estimate of drug-likeness (QED) is 0.864. The highest BCUT2D eigenvalue weighted by Gasteiger charge is 2.26. The third-order valence-corrected chi connectivity index (χ3v) is 3.90. The van der Waals surface area contributed by atoms with E-state index < -0.39 is 0 Å². The van der Waals surface area contributed by atoms with Crippen LogP contribution in [-0.2, 0) is 12.8 Å². The molecular formula is C16H24N4. The third kappa shape index (κ3) is 3.10. The first kappa shape index (κ1) is 14.8. The van der Waals surface area contributed by atoms with Crippen LogP contribution in [0.1, 0.15) is 50.4 Å². The van der Waals surface area contributed by atoms with Gasteiger partial charge >= 0.3 is 0 Å². The number of fused-ring (bicyclic) bond motifs is 1. The van der Waals surface area contributed by atoms with Gasteiger partial charge in [0.05, 0.1) is 5.56 Å². The summed E-state index contributed by atoms with van der Waals surface area (Å²) in [6.45, 7) is 6.98. The van der Waals surface area contributed by atoms with Gasteiger partial charge in [-0.2, -0.15) is 5.26 Å². The molecule has 1 aliphatic rings. The number of nitriles is 1. The van der Waals surface area contributed by atoms with Crippen LogP contribution < -0.4 is 11.1 Å². The molecule has 108 valence electrons. The Bertz CT molecular complexity index is 530. The second kappa shape index (κ2) is 5.80. The predicted octanol–water partition coefficient (Wildman–Crippen LogP) is 2.62. The number of anilines is 1. The topological polar surface area (TPSA) is 74.7 Å². The normalized spacial score (nSPS) is 16.6. The zero-order chi connectivity index (χ0) is 14.8. The smallest absolute Gasteiger partial charge is 0.144 e. The molecular weight excluding hydrogens is 248 g/mol. The molecule has 0 amide bonds. The van der Waals surface area contributed by atoms with Gasteiger partial charge in [-0.1, -0.05) is 13.8 Å². The number of nitrogens with two attached hydrogens (primary N) is 1. The minimum Gasteiger partial charge on any atom is -0.363 e. The summed E-state index contributed by atoms with van der Waals surface area (Å²) in [5.74, 6) is 1.23. The number of aryl methyl sites for hydroxylation is 2. The first-order valence-electron chi connectivity index (χ1n) is 7.38. The van der Waals surface area contributed by atoms with E-state index in [1.54, 1.807) is 0 Å². The largest absolute Gasteiger partial charge is 0.363 e. The number of hydrogen-bond acceptors (Lipinski definition) is 4. The number of aromatic nitrogens is 1. The lowest BCUT2D eigenvalue weighted by molar-refractivity contribution is 0.406. The van der Waals surface area contributed by atoms with Crippen LogP contribution in [0.25, 0.3) is 0 Å². The molecule has 1 atom stereocenters. The fraction of sp³-hybridized carbons (Fsp3) is 0.625. The van der Waals surface area contributed by atoms with E-state index in [4.69, 9.17) is 5.73 Å². The summed E-state index contributed by atoms with van der Waals surface area (Å²) in [4.78, 5) is 4.68. The van der Waals surface area contributed by atoms with Crippen molar-refractivity contribution in [1.29, 1.82) is 5.26 Å². The maximum Gasteiger partial charge on any atom is 0.144 e. The van der Waals surface area contributed by atoms with E-state index in [2.05, 4.69) is 37.1 Å². The number of pyridine rings is 1. The standard InChI is InChI=1S/C16H24N4/c1-11(2)8-16(3,10-18)20-15-13(9-17)7-12-5-4-6-14(12)19-15/h7,11H,4-6,8,10,18H2,1-3H3,(H,19,20). The first-order chi connectivity index (χ1) is 9.47. The Morgan fingerprint density at radius 1 is 1.50 bits per heavy atom. The van der Waals surface area contributed by atoms with Crippen molar-refractivity contribution in [1.82, 2.24) is 4.98 Å². The predicted molar refractivity (Wildman–Crippen MR) is 81.5 cm³/mol. The Hall–Kier alpha value is -1.60. The molecule has 4 nitrogen and oxygen atoms in total. The molecule has 0 bridgehead atoms. The Balaban J connectivity index is 2.30. The Morgan fingerprint density at radius 3 is 2.85 bits per heavy atom. The Morgan fingerprint density at radius 2 is 2.25 bits per heavy atom. The summed E-state index contributed by atoms with van der Waals surface area (Å²) in [6.07, 6.45) is 4.14. The van der Waals surface area contributed by atoms with Crippen molar-refractivity contribution in [3.63, 3.8) is 0 Å². The SMILES string of the molecule is CC(C)CC(C)(CN)Nc1nc2c(cc1C#N)CCC2. The lowest BCUT2D eigenvalue weighted by Crippen LogP contribution is -2.44. The minimum absolute atomic E-state index is 0.223. The second-order valence-electron chi connectivity index (χ2n) is 6.44. The van der Waals surface area contributed by atoms with Gasteiger partial charge in [0.25, 0.3) is 0 Å². The van der Waals surface area contributed by atoms with E-state index in [0.717, 1.165) is 31.4 Å². The van der Waals surface area contributed by atoms with Crippen molar-refractivity contribution in [3.8, 4) is 6.07 Å². The second-order valence-corrected chi connectivity index (χ2v) is 6.44. The van der Waals surface area contributed by atoms with E-state index in [1.807, 2.05) is 6.07 Å². The van der Waals surface area contributed by atoms with Crippen molar-refractivity contribution < 1.29 is 0 Å². The lowest BCUT2D eigenvalue weighted by atomic mass is 9.90. The van der Waals surface area contributed by atoms with Gasteiger partial charge in [0.2, 0.25) is 0 Å². The van der Waals surface area contributed by atoms with E-state index in [-0.39, 0.29) is 5.54 Å². The van der Waals surface area contributed by atoms with Crippen molar-refractivity contribution in [3.05, 3.63) is 22.9 Å². The lowest BCUT2D eigenvalue weighted by Gasteiger charge is -2.32. The van der Waals surface area contributed by atoms with Crippen LogP contribution in [0.4, 0.5) is 5.82 Å². The molecule has 1 aromatic heterocycles. The maximum atomic E-state index is 9.34. The average Bonchev–Trinajstić information content (AvgIpc) is 2.83. The van der Waals surface area contributed by atoms with Gasteiger partial charge in [-0.05, 0) is 50.2 Å². The van der Waals surface area contributed by atoms with Gasteiger partial charge in [-0.15, -0.1) is 0 Å². The van der Waals surface area contributed by atoms with Crippen molar-refractivity contribution in [2.24, 2.45) is 11.7 Å².